The highest BCUT2D eigenvalue weighted by Crippen LogP contribution is 2.39. The van der Waals surface area contributed by atoms with Crippen LogP contribution >= 0.6 is 11.3 Å². The highest BCUT2D eigenvalue weighted by Gasteiger charge is 2.28. The van der Waals surface area contributed by atoms with Crippen molar-refractivity contribution in [3.05, 3.63) is 69.8 Å². The van der Waals surface area contributed by atoms with E-state index in [1.165, 1.54) is 4.88 Å². The van der Waals surface area contributed by atoms with Crippen LogP contribution in [0.5, 0.6) is 0 Å². The molecule has 1 aliphatic heterocycles. The van der Waals surface area contributed by atoms with Gasteiger partial charge in [0.15, 0.2) is 0 Å². The van der Waals surface area contributed by atoms with Crippen LogP contribution in [0.25, 0.3) is 5.76 Å². The first-order chi connectivity index (χ1) is 13.9. The number of fused-ring (bicyclic) bond motifs is 1. The standard InChI is InChI=1S/C23H24N2O3S/c1-23(2)27-16(14-18(28-23)15-8-4-3-5-9-15)12-13-25-22-20(21(24)26)17-10-6-7-11-19(17)29-22/h3-5,8-9,12-14H,6-7,10-11H2,1-2H3,(H2,24,26)/b16-12-,25-13?. The van der Waals surface area contributed by atoms with Crippen LogP contribution < -0.4 is 5.73 Å². The molecule has 6 heteroatoms. The second-order valence-electron chi connectivity index (χ2n) is 7.58. The first-order valence-electron chi connectivity index (χ1n) is 9.77. The van der Waals surface area contributed by atoms with Gasteiger partial charge < -0.3 is 15.2 Å². The normalized spacial score (nSPS) is 19.4. The summed E-state index contributed by atoms with van der Waals surface area (Å²) in [7, 11) is 0. The van der Waals surface area contributed by atoms with Gasteiger partial charge in [0, 0.05) is 36.6 Å². The maximum atomic E-state index is 12.0. The Kier molecular flexibility index (Phi) is 5.28. The third kappa shape index (κ3) is 4.27. The molecule has 0 fully saturated rings. The van der Waals surface area contributed by atoms with Crippen LogP contribution in [0.15, 0.2) is 53.2 Å². The predicted molar refractivity (Wildman–Crippen MR) is 116 cm³/mol. The van der Waals surface area contributed by atoms with Crippen LogP contribution in [0.1, 0.15) is 53.1 Å². The molecule has 4 rings (SSSR count). The number of rotatable bonds is 4. The highest BCUT2D eigenvalue weighted by atomic mass is 32.1. The van der Waals surface area contributed by atoms with Gasteiger partial charge in [-0.25, -0.2) is 4.99 Å². The molecule has 1 aromatic heterocycles. The first kappa shape index (κ1) is 19.5. The molecule has 0 saturated heterocycles. The lowest BCUT2D eigenvalue weighted by Gasteiger charge is -2.33. The number of benzene rings is 1. The first-order valence-corrected chi connectivity index (χ1v) is 10.6. The Morgan fingerprint density at radius 3 is 2.69 bits per heavy atom. The van der Waals surface area contributed by atoms with Gasteiger partial charge in [-0.05, 0) is 37.3 Å². The molecule has 1 aromatic carbocycles. The zero-order valence-corrected chi connectivity index (χ0v) is 17.4. The van der Waals surface area contributed by atoms with Crippen LogP contribution in [-0.4, -0.2) is 17.9 Å². The van der Waals surface area contributed by atoms with Crippen molar-refractivity contribution in [2.45, 2.75) is 45.3 Å². The van der Waals surface area contributed by atoms with Gasteiger partial charge in [0.25, 0.3) is 5.91 Å². The minimum Gasteiger partial charge on any atom is -0.453 e. The Hall–Kier alpha value is -2.86. The summed E-state index contributed by atoms with van der Waals surface area (Å²) < 4.78 is 11.9. The number of ether oxygens (including phenoxy) is 2. The van der Waals surface area contributed by atoms with Gasteiger partial charge >= 0.3 is 0 Å². The number of carbonyl (C=O) groups is 1. The molecule has 2 N–H and O–H groups in total. The molecule has 0 bridgehead atoms. The minimum absolute atomic E-state index is 0.404. The van der Waals surface area contributed by atoms with Crippen LogP contribution in [0.2, 0.25) is 0 Å². The fourth-order valence-corrected chi connectivity index (χ4v) is 4.91. The maximum Gasteiger partial charge on any atom is 0.252 e. The van der Waals surface area contributed by atoms with Crippen molar-refractivity contribution in [1.82, 2.24) is 0 Å². The van der Waals surface area contributed by atoms with Gasteiger partial charge in [-0.2, -0.15) is 0 Å². The number of carbonyl (C=O) groups excluding carboxylic acids is 1. The van der Waals surface area contributed by atoms with E-state index in [4.69, 9.17) is 15.2 Å². The lowest BCUT2D eigenvalue weighted by atomic mass is 9.95. The lowest BCUT2D eigenvalue weighted by Crippen LogP contribution is -2.30. The molecule has 150 valence electrons. The molecule has 0 unspecified atom stereocenters. The van der Waals surface area contributed by atoms with Crippen LogP contribution in [-0.2, 0) is 22.3 Å². The number of hydrogen-bond acceptors (Lipinski definition) is 5. The molecule has 0 spiro atoms. The van der Waals surface area contributed by atoms with Crippen molar-refractivity contribution in [1.29, 1.82) is 0 Å². The molecule has 0 saturated carbocycles. The molecular formula is C23H24N2O3S. The number of nitrogens with zero attached hydrogens (tertiary/aromatic N) is 1. The predicted octanol–water partition coefficient (Wildman–Crippen LogP) is 5.14. The monoisotopic (exact) mass is 408 g/mol. The van der Waals surface area contributed by atoms with Crippen LogP contribution in [0.3, 0.4) is 0 Å². The molecule has 1 aliphatic carbocycles. The highest BCUT2D eigenvalue weighted by molar-refractivity contribution is 7.16. The molecule has 5 nitrogen and oxygen atoms in total. The van der Waals surface area contributed by atoms with Gasteiger partial charge in [-0.15, -0.1) is 11.3 Å². The number of aryl methyl sites for hydroxylation is 1. The Morgan fingerprint density at radius 2 is 1.93 bits per heavy atom. The van der Waals surface area contributed by atoms with Gasteiger partial charge in [-0.1, -0.05) is 30.3 Å². The van der Waals surface area contributed by atoms with E-state index in [-0.39, 0.29) is 0 Å². The van der Waals surface area contributed by atoms with Gasteiger partial charge in [0.2, 0.25) is 5.79 Å². The minimum atomic E-state index is -0.792. The quantitative estimate of drug-likeness (QED) is 0.712. The van der Waals surface area contributed by atoms with Crippen molar-refractivity contribution < 1.29 is 14.3 Å². The molecule has 0 atom stereocenters. The fraction of sp³-hybridized carbons (Fsp3) is 0.304. The molecular weight excluding hydrogens is 384 g/mol. The van der Waals surface area contributed by atoms with E-state index in [9.17, 15) is 4.79 Å². The Labute approximate surface area is 174 Å². The maximum absolute atomic E-state index is 12.0. The fourth-order valence-electron chi connectivity index (χ4n) is 3.66. The number of allylic oxidation sites excluding steroid dienone is 2. The second-order valence-corrected chi connectivity index (χ2v) is 8.66. The van der Waals surface area contributed by atoms with Crippen LogP contribution in [0.4, 0.5) is 5.00 Å². The van der Waals surface area contributed by atoms with E-state index in [1.807, 2.05) is 50.3 Å². The summed E-state index contributed by atoms with van der Waals surface area (Å²) in [5, 5.41) is 0.680. The third-order valence-electron chi connectivity index (χ3n) is 4.88. The Morgan fingerprint density at radius 1 is 1.17 bits per heavy atom. The lowest BCUT2D eigenvalue weighted by molar-refractivity contribution is -0.149. The summed E-state index contributed by atoms with van der Waals surface area (Å²) in [6.45, 7) is 3.73. The van der Waals surface area contributed by atoms with E-state index in [0.29, 0.717) is 16.3 Å². The largest absolute Gasteiger partial charge is 0.453 e. The topological polar surface area (TPSA) is 73.9 Å². The van der Waals surface area contributed by atoms with Crippen molar-refractivity contribution in [3.63, 3.8) is 0 Å². The summed E-state index contributed by atoms with van der Waals surface area (Å²) in [5.74, 6) is 0.190. The van der Waals surface area contributed by atoms with E-state index < -0.39 is 11.7 Å². The van der Waals surface area contributed by atoms with Crippen LogP contribution in [0, 0.1) is 0 Å². The average Bonchev–Trinajstić information content (AvgIpc) is 3.06. The zero-order valence-electron chi connectivity index (χ0n) is 16.6. The number of aliphatic imine (C=N–C) groups is 1. The van der Waals surface area contributed by atoms with E-state index in [2.05, 4.69) is 4.99 Å². The molecule has 0 radical (unpaired) electrons. The van der Waals surface area contributed by atoms with Crippen molar-refractivity contribution in [3.8, 4) is 0 Å². The summed E-state index contributed by atoms with van der Waals surface area (Å²) in [5.41, 5.74) is 8.29. The molecule has 29 heavy (non-hydrogen) atoms. The smallest absolute Gasteiger partial charge is 0.252 e. The summed E-state index contributed by atoms with van der Waals surface area (Å²) in [6.07, 6.45) is 9.44. The van der Waals surface area contributed by atoms with Crippen molar-refractivity contribution in [2.75, 3.05) is 0 Å². The van der Waals surface area contributed by atoms with Gasteiger partial charge in [0.05, 0.1) is 5.56 Å². The SMILES string of the molecule is CC1(C)OC(c2ccccc2)=C/C(=C/C=Nc2sc3c(c2C(N)=O)CCCC3)O1. The van der Waals surface area contributed by atoms with Crippen molar-refractivity contribution >= 4 is 34.2 Å². The average molecular weight is 409 g/mol. The third-order valence-corrected chi connectivity index (χ3v) is 6.08. The van der Waals surface area contributed by atoms with Gasteiger partial charge in [0.1, 0.15) is 16.5 Å². The summed E-state index contributed by atoms with van der Waals surface area (Å²) in [6, 6.07) is 9.89. The Balaban J connectivity index is 1.64. The molecule has 1 amide bonds. The number of amides is 1. The number of primary amides is 1. The Bertz CT molecular complexity index is 1020. The summed E-state index contributed by atoms with van der Waals surface area (Å²) in [4.78, 5) is 17.8. The number of thiophene rings is 1. The molecule has 2 aliphatic rings. The van der Waals surface area contributed by atoms with E-state index in [0.717, 1.165) is 42.6 Å². The van der Waals surface area contributed by atoms with Gasteiger partial charge in [-0.3, -0.25) is 4.79 Å². The zero-order chi connectivity index (χ0) is 20.4. The van der Waals surface area contributed by atoms with Crippen molar-refractivity contribution in [2.24, 2.45) is 10.7 Å². The summed E-state index contributed by atoms with van der Waals surface area (Å²) >= 11 is 1.57. The molecule has 2 heterocycles. The molecule has 2 aromatic rings. The number of hydrogen-bond donors (Lipinski definition) is 1. The van der Waals surface area contributed by atoms with E-state index in [1.54, 1.807) is 23.6 Å². The van der Waals surface area contributed by atoms with E-state index >= 15 is 0 Å². The second kappa shape index (κ2) is 7.87. The number of nitrogens with two attached hydrogens (primary N) is 1.